The maximum atomic E-state index is 11.6. The second-order valence-electron chi connectivity index (χ2n) is 12.4. The molecule has 256 valence electrons. The van der Waals surface area contributed by atoms with Gasteiger partial charge in [-0.25, -0.2) is 0 Å². The fourth-order valence-corrected chi connectivity index (χ4v) is 5.66. The third kappa shape index (κ3) is 8.89. The van der Waals surface area contributed by atoms with Gasteiger partial charge in [0.2, 0.25) is 0 Å². The molecular weight excluding hydrogens is 586 g/mol. The summed E-state index contributed by atoms with van der Waals surface area (Å²) in [6, 6.07) is -2.46. The van der Waals surface area contributed by atoms with Crippen LogP contribution in [0.25, 0.3) is 0 Å². The first kappa shape index (κ1) is 37.0. The summed E-state index contributed by atoms with van der Waals surface area (Å²) in [5.41, 5.74) is 11.5. The Morgan fingerprint density at radius 1 is 1.02 bits per heavy atom. The maximum Gasteiger partial charge on any atom is 0.184 e. The molecule has 17 nitrogen and oxygen atoms in total. The molecule has 15 N–H and O–H groups in total. The Morgan fingerprint density at radius 3 is 2.32 bits per heavy atom. The van der Waals surface area contributed by atoms with Gasteiger partial charge < -0.3 is 82.0 Å². The van der Waals surface area contributed by atoms with Gasteiger partial charge in [0.05, 0.1) is 43.6 Å². The molecule has 3 aliphatic rings. The van der Waals surface area contributed by atoms with E-state index in [1.807, 2.05) is 0 Å². The van der Waals surface area contributed by atoms with E-state index in [0.717, 1.165) is 0 Å². The quantitative estimate of drug-likeness (QED) is 0.0669. The molecule has 0 aromatic carbocycles. The standard InChI is InChI=1S/C27H51N5O12/c1-11-18(36)26(41-10-27(11,2)40)44-23-16(32-24(31)20(38)19(37)17(35)9-34)7-15(30)22(21(23)39)43-25-14(29)6-5-13(42-25)4-3-12(28)8-33/h11,13-23,25-26,28,33-40H,3-10,29-30H2,1-2H3,(H2,31,32)/t11-,13-,14?,15+,16-,17?,18?,19?,20?,21?,22?,23?,25-,26-,27?/m1/s1. The van der Waals surface area contributed by atoms with Crippen molar-refractivity contribution < 1.29 is 59.8 Å². The normalized spacial score (nSPS) is 41.9. The topological polar surface area (TPSA) is 311 Å². The monoisotopic (exact) mass is 637 g/mol. The lowest BCUT2D eigenvalue weighted by atomic mass is 9.82. The van der Waals surface area contributed by atoms with Gasteiger partial charge in [0.15, 0.2) is 12.6 Å². The van der Waals surface area contributed by atoms with Gasteiger partial charge >= 0.3 is 0 Å². The molecule has 44 heavy (non-hydrogen) atoms. The van der Waals surface area contributed by atoms with Crippen LogP contribution in [0.1, 0.15) is 46.0 Å². The molecule has 0 spiro atoms. The van der Waals surface area contributed by atoms with Crippen LogP contribution in [0.15, 0.2) is 0 Å². The molecule has 0 aromatic heterocycles. The van der Waals surface area contributed by atoms with Gasteiger partial charge in [0, 0.05) is 17.7 Å². The van der Waals surface area contributed by atoms with E-state index in [0.29, 0.717) is 25.7 Å². The fraction of sp³-hybridized carbons (Fsp3) is 0.926. The third-order valence-electron chi connectivity index (χ3n) is 8.91. The highest BCUT2D eigenvalue weighted by atomic mass is 16.7. The summed E-state index contributed by atoms with van der Waals surface area (Å²) in [5, 5.41) is 100. The van der Waals surface area contributed by atoms with Crippen LogP contribution in [-0.4, -0.2) is 157 Å². The second kappa shape index (κ2) is 15.9. The van der Waals surface area contributed by atoms with Crippen molar-refractivity contribution >= 4 is 11.5 Å². The van der Waals surface area contributed by atoms with Crippen LogP contribution in [0.3, 0.4) is 0 Å². The third-order valence-corrected chi connectivity index (χ3v) is 8.91. The van der Waals surface area contributed by atoms with Crippen molar-refractivity contribution in [3.05, 3.63) is 0 Å². The van der Waals surface area contributed by atoms with Crippen LogP contribution in [0.5, 0.6) is 0 Å². The van der Waals surface area contributed by atoms with E-state index < -0.39 is 97.4 Å². The van der Waals surface area contributed by atoms with E-state index in [2.05, 4.69) is 5.32 Å². The molecule has 2 aliphatic heterocycles. The number of aliphatic hydroxyl groups excluding tert-OH is 7. The summed E-state index contributed by atoms with van der Waals surface area (Å²) < 4.78 is 23.8. The Hall–Kier alpha value is -1.42. The average Bonchev–Trinajstić information content (AvgIpc) is 2.99. The first-order valence-electron chi connectivity index (χ1n) is 15.0. The SMILES string of the molecule is C[C@@H]1C(O)[C@@H](OC2C(O)C(O[C@H]3O[C@H](CCC(=N)CO)CCC3N)[C@@H](N)C[C@H]2NC(=N)C(O)C(O)C(O)CO)OCC1(C)O. The van der Waals surface area contributed by atoms with Gasteiger partial charge in [-0.2, -0.15) is 0 Å². The molecule has 0 radical (unpaired) electrons. The highest BCUT2D eigenvalue weighted by Crippen LogP contribution is 2.34. The van der Waals surface area contributed by atoms with Gasteiger partial charge in [-0.3, -0.25) is 5.41 Å². The molecule has 0 amide bonds. The molecule has 15 atom stereocenters. The number of rotatable bonds is 13. The van der Waals surface area contributed by atoms with E-state index in [-0.39, 0.29) is 31.5 Å². The van der Waals surface area contributed by atoms with Crippen LogP contribution in [0, 0.1) is 16.7 Å². The summed E-state index contributed by atoms with van der Waals surface area (Å²) in [6.45, 7) is 1.71. The average molecular weight is 638 g/mol. The van der Waals surface area contributed by atoms with E-state index in [9.17, 15) is 30.6 Å². The lowest BCUT2D eigenvalue weighted by Gasteiger charge is -2.49. The van der Waals surface area contributed by atoms with Crippen LogP contribution in [0.2, 0.25) is 0 Å². The molecule has 2 saturated heterocycles. The minimum absolute atomic E-state index is 0.0186. The number of hydrogen-bond donors (Lipinski definition) is 13. The highest BCUT2D eigenvalue weighted by molar-refractivity contribution is 5.84. The maximum absolute atomic E-state index is 11.6. The fourth-order valence-electron chi connectivity index (χ4n) is 5.66. The Morgan fingerprint density at radius 2 is 1.68 bits per heavy atom. The molecule has 9 unspecified atom stereocenters. The lowest BCUT2D eigenvalue weighted by Crippen LogP contribution is -2.68. The van der Waals surface area contributed by atoms with E-state index in [1.165, 1.54) is 6.92 Å². The van der Waals surface area contributed by atoms with E-state index in [1.54, 1.807) is 6.92 Å². The summed E-state index contributed by atoms with van der Waals surface area (Å²) in [6.07, 6.45) is -11.5. The predicted molar refractivity (Wildman–Crippen MR) is 154 cm³/mol. The van der Waals surface area contributed by atoms with E-state index >= 15 is 0 Å². The van der Waals surface area contributed by atoms with Crippen LogP contribution in [0.4, 0.5) is 0 Å². The largest absolute Gasteiger partial charge is 0.394 e. The molecule has 17 heteroatoms. The van der Waals surface area contributed by atoms with Crippen molar-refractivity contribution in [2.45, 2.75) is 131 Å². The van der Waals surface area contributed by atoms with Crippen LogP contribution < -0.4 is 16.8 Å². The van der Waals surface area contributed by atoms with Crippen molar-refractivity contribution in [2.75, 3.05) is 19.8 Å². The lowest BCUT2D eigenvalue weighted by molar-refractivity contribution is -0.313. The minimum atomic E-state index is -1.94. The zero-order valence-electron chi connectivity index (χ0n) is 25.1. The molecule has 3 fully saturated rings. The number of aliphatic hydroxyl groups is 8. The molecule has 1 aliphatic carbocycles. The Balaban J connectivity index is 1.79. The van der Waals surface area contributed by atoms with Crippen molar-refractivity contribution in [1.29, 1.82) is 10.8 Å². The first-order valence-corrected chi connectivity index (χ1v) is 15.0. The number of nitrogens with two attached hydrogens (primary N) is 2. The summed E-state index contributed by atoms with van der Waals surface area (Å²) >= 11 is 0. The summed E-state index contributed by atoms with van der Waals surface area (Å²) in [5.74, 6) is -1.34. The first-order chi connectivity index (χ1) is 20.6. The van der Waals surface area contributed by atoms with Gasteiger partial charge in [-0.1, -0.05) is 6.92 Å². The number of amidine groups is 1. The van der Waals surface area contributed by atoms with Crippen molar-refractivity contribution in [1.82, 2.24) is 5.32 Å². The molecule has 0 bridgehead atoms. The smallest absolute Gasteiger partial charge is 0.184 e. The summed E-state index contributed by atoms with van der Waals surface area (Å²) in [7, 11) is 0. The second-order valence-corrected chi connectivity index (χ2v) is 12.4. The van der Waals surface area contributed by atoms with Crippen LogP contribution in [-0.2, 0) is 18.9 Å². The minimum Gasteiger partial charge on any atom is -0.394 e. The van der Waals surface area contributed by atoms with Gasteiger partial charge in [0.25, 0.3) is 0 Å². The van der Waals surface area contributed by atoms with Crippen LogP contribution >= 0.6 is 0 Å². The molecule has 0 aromatic rings. The summed E-state index contributed by atoms with van der Waals surface area (Å²) in [4.78, 5) is 0. The Kier molecular flexibility index (Phi) is 13.4. The van der Waals surface area contributed by atoms with Gasteiger partial charge in [-0.05, 0) is 39.0 Å². The zero-order chi connectivity index (χ0) is 32.9. The highest BCUT2D eigenvalue weighted by Gasteiger charge is 2.51. The van der Waals surface area contributed by atoms with Gasteiger partial charge in [0.1, 0.15) is 48.6 Å². The van der Waals surface area contributed by atoms with Crippen molar-refractivity contribution in [3.8, 4) is 0 Å². The Labute approximate surface area is 256 Å². The van der Waals surface area contributed by atoms with Crippen molar-refractivity contribution in [2.24, 2.45) is 17.4 Å². The number of ether oxygens (including phenoxy) is 4. The molecule has 1 saturated carbocycles. The number of nitrogens with one attached hydrogen (secondary N) is 3. The van der Waals surface area contributed by atoms with Gasteiger partial charge in [-0.15, -0.1) is 0 Å². The Bertz CT molecular complexity index is 949. The zero-order valence-corrected chi connectivity index (χ0v) is 25.1. The van der Waals surface area contributed by atoms with E-state index in [4.69, 9.17) is 51.4 Å². The van der Waals surface area contributed by atoms with Crippen molar-refractivity contribution in [3.63, 3.8) is 0 Å². The number of hydrogen-bond acceptors (Lipinski definition) is 16. The molecular formula is C27H51N5O12. The molecule has 2 heterocycles. The molecule has 3 rings (SSSR count). The predicted octanol–water partition coefficient (Wildman–Crippen LogP) is -4.41.